The Hall–Kier alpha value is -0.0800. The molecule has 0 radical (unpaired) electrons. The van der Waals surface area contributed by atoms with E-state index in [-0.39, 0.29) is 5.54 Å². The predicted octanol–water partition coefficient (Wildman–Crippen LogP) is 3.13. The first-order valence-electron chi connectivity index (χ1n) is 7.30. The lowest BCUT2D eigenvalue weighted by Crippen LogP contribution is -2.59. The van der Waals surface area contributed by atoms with Crippen molar-refractivity contribution >= 4 is 0 Å². The van der Waals surface area contributed by atoms with Crippen molar-refractivity contribution in [2.24, 2.45) is 11.8 Å². The molecular formula is C15H32N2. The Morgan fingerprint density at radius 3 is 2.41 bits per heavy atom. The summed E-state index contributed by atoms with van der Waals surface area (Å²) in [5.41, 5.74) is 0.274. The standard InChI is InChI=1S/C15H32N2/c1-7-15(3,17(5)6)14(16-4)13-10-8-9-12(2)11-13/h12-14,16H,7-11H2,1-6H3. The van der Waals surface area contributed by atoms with Crippen LogP contribution in [0.5, 0.6) is 0 Å². The van der Waals surface area contributed by atoms with Crippen LogP contribution in [-0.4, -0.2) is 37.6 Å². The zero-order valence-electron chi connectivity index (χ0n) is 12.7. The number of likely N-dealkylation sites (N-methyl/N-ethyl adjacent to an activating group) is 2. The quantitative estimate of drug-likeness (QED) is 0.794. The Labute approximate surface area is 108 Å². The Balaban J connectivity index is 2.81. The fourth-order valence-corrected chi connectivity index (χ4v) is 3.65. The minimum absolute atomic E-state index is 0.274. The Morgan fingerprint density at radius 1 is 1.35 bits per heavy atom. The molecule has 1 fully saturated rings. The smallest absolute Gasteiger partial charge is 0.0328 e. The molecule has 0 bridgehead atoms. The molecule has 1 aliphatic carbocycles. The minimum atomic E-state index is 0.274. The van der Waals surface area contributed by atoms with Crippen molar-refractivity contribution in [1.29, 1.82) is 0 Å². The van der Waals surface area contributed by atoms with Crippen LogP contribution in [0.4, 0.5) is 0 Å². The summed E-state index contributed by atoms with van der Waals surface area (Å²) in [4.78, 5) is 2.41. The van der Waals surface area contributed by atoms with Crippen LogP contribution in [0.2, 0.25) is 0 Å². The van der Waals surface area contributed by atoms with Gasteiger partial charge in [0.1, 0.15) is 0 Å². The molecule has 4 atom stereocenters. The van der Waals surface area contributed by atoms with E-state index >= 15 is 0 Å². The molecule has 0 aromatic rings. The lowest BCUT2D eigenvalue weighted by Gasteiger charge is -2.47. The van der Waals surface area contributed by atoms with Gasteiger partial charge in [0.25, 0.3) is 0 Å². The topological polar surface area (TPSA) is 15.3 Å². The van der Waals surface area contributed by atoms with Crippen molar-refractivity contribution in [2.45, 2.75) is 64.5 Å². The number of hydrogen-bond acceptors (Lipinski definition) is 2. The van der Waals surface area contributed by atoms with Crippen LogP contribution in [0.25, 0.3) is 0 Å². The SMILES string of the molecule is CCC(C)(C(NC)C1CCCC(C)C1)N(C)C. The molecular weight excluding hydrogens is 208 g/mol. The average Bonchev–Trinajstić information content (AvgIpc) is 2.29. The molecule has 17 heavy (non-hydrogen) atoms. The highest BCUT2D eigenvalue weighted by Gasteiger charge is 2.39. The van der Waals surface area contributed by atoms with E-state index in [0.717, 1.165) is 11.8 Å². The Morgan fingerprint density at radius 2 is 2.00 bits per heavy atom. The van der Waals surface area contributed by atoms with Gasteiger partial charge in [-0.1, -0.05) is 26.7 Å². The second kappa shape index (κ2) is 6.19. The average molecular weight is 240 g/mol. The van der Waals surface area contributed by atoms with Crippen molar-refractivity contribution < 1.29 is 0 Å². The van der Waals surface area contributed by atoms with Crippen molar-refractivity contribution in [3.8, 4) is 0 Å². The van der Waals surface area contributed by atoms with Crippen LogP contribution >= 0.6 is 0 Å². The van der Waals surface area contributed by atoms with E-state index in [2.05, 4.69) is 52.1 Å². The molecule has 0 saturated heterocycles. The number of nitrogens with zero attached hydrogens (tertiary/aromatic N) is 1. The van der Waals surface area contributed by atoms with Crippen molar-refractivity contribution in [3.05, 3.63) is 0 Å². The molecule has 0 heterocycles. The van der Waals surface area contributed by atoms with E-state index in [0.29, 0.717) is 6.04 Å². The van der Waals surface area contributed by atoms with E-state index < -0.39 is 0 Å². The lowest BCUT2D eigenvalue weighted by molar-refractivity contribution is 0.0643. The molecule has 1 saturated carbocycles. The minimum Gasteiger partial charge on any atom is -0.315 e. The third-order valence-corrected chi connectivity index (χ3v) is 5.17. The van der Waals surface area contributed by atoms with Crippen LogP contribution < -0.4 is 5.32 Å². The largest absolute Gasteiger partial charge is 0.315 e. The highest BCUT2D eigenvalue weighted by Crippen LogP contribution is 2.36. The zero-order chi connectivity index (χ0) is 13.1. The van der Waals surface area contributed by atoms with Gasteiger partial charge in [-0.25, -0.2) is 0 Å². The number of rotatable bonds is 5. The highest BCUT2D eigenvalue weighted by molar-refractivity contribution is 4.98. The van der Waals surface area contributed by atoms with E-state index in [1.165, 1.54) is 32.1 Å². The van der Waals surface area contributed by atoms with Gasteiger partial charge < -0.3 is 10.2 Å². The molecule has 4 unspecified atom stereocenters. The molecule has 2 heteroatoms. The van der Waals surface area contributed by atoms with Crippen LogP contribution in [0.3, 0.4) is 0 Å². The summed E-state index contributed by atoms with van der Waals surface area (Å²) in [5, 5.41) is 3.62. The van der Waals surface area contributed by atoms with Gasteiger partial charge in [0, 0.05) is 11.6 Å². The molecule has 1 rings (SSSR count). The summed E-state index contributed by atoms with van der Waals surface area (Å²) in [6.07, 6.45) is 6.85. The van der Waals surface area contributed by atoms with Gasteiger partial charge in [-0.3, -0.25) is 0 Å². The molecule has 2 nitrogen and oxygen atoms in total. The lowest BCUT2D eigenvalue weighted by atomic mass is 9.71. The van der Waals surface area contributed by atoms with Crippen LogP contribution in [0.1, 0.15) is 52.9 Å². The summed E-state index contributed by atoms with van der Waals surface area (Å²) in [5.74, 6) is 1.75. The molecule has 102 valence electrons. The van der Waals surface area contributed by atoms with E-state index in [1.54, 1.807) is 0 Å². The van der Waals surface area contributed by atoms with Gasteiger partial charge in [0.2, 0.25) is 0 Å². The second-order valence-corrected chi connectivity index (χ2v) is 6.40. The second-order valence-electron chi connectivity index (χ2n) is 6.40. The maximum absolute atomic E-state index is 3.62. The Kier molecular flexibility index (Phi) is 5.46. The van der Waals surface area contributed by atoms with Crippen LogP contribution in [0.15, 0.2) is 0 Å². The van der Waals surface area contributed by atoms with Gasteiger partial charge >= 0.3 is 0 Å². The summed E-state index contributed by atoms with van der Waals surface area (Å²) in [6, 6.07) is 0.616. The summed E-state index contributed by atoms with van der Waals surface area (Å²) in [7, 11) is 6.58. The number of nitrogens with one attached hydrogen (secondary N) is 1. The van der Waals surface area contributed by atoms with Crippen molar-refractivity contribution in [1.82, 2.24) is 10.2 Å². The maximum Gasteiger partial charge on any atom is 0.0328 e. The van der Waals surface area contributed by atoms with Gasteiger partial charge in [-0.2, -0.15) is 0 Å². The first kappa shape index (κ1) is 15.0. The van der Waals surface area contributed by atoms with Gasteiger partial charge in [0.15, 0.2) is 0 Å². The van der Waals surface area contributed by atoms with Gasteiger partial charge in [-0.05, 0) is 59.2 Å². The van der Waals surface area contributed by atoms with Gasteiger partial charge in [0.05, 0.1) is 0 Å². The molecule has 0 aromatic heterocycles. The third kappa shape index (κ3) is 3.23. The molecule has 1 aliphatic rings. The van der Waals surface area contributed by atoms with Gasteiger partial charge in [-0.15, -0.1) is 0 Å². The van der Waals surface area contributed by atoms with E-state index in [9.17, 15) is 0 Å². The fraction of sp³-hybridized carbons (Fsp3) is 1.00. The molecule has 1 N–H and O–H groups in total. The third-order valence-electron chi connectivity index (χ3n) is 5.17. The first-order chi connectivity index (χ1) is 7.95. The van der Waals surface area contributed by atoms with Crippen LogP contribution in [-0.2, 0) is 0 Å². The number of hydrogen-bond donors (Lipinski definition) is 1. The van der Waals surface area contributed by atoms with E-state index in [1.807, 2.05) is 0 Å². The molecule has 0 aromatic carbocycles. The fourth-order valence-electron chi connectivity index (χ4n) is 3.65. The first-order valence-corrected chi connectivity index (χ1v) is 7.30. The normalized spacial score (nSPS) is 31.2. The van der Waals surface area contributed by atoms with Crippen molar-refractivity contribution in [3.63, 3.8) is 0 Å². The monoisotopic (exact) mass is 240 g/mol. The summed E-state index contributed by atoms with van der Waals surface area (Å²) >= 11 is 0. The van der Waals surface area contributed by atoms with E-state index in [4.69, 9.17) is 0 Å². The van der Waals surface area contributed by atoms with Crippen molar-refractivity contribution in [2.75, 3.05) is 21.1 Å². The Bertz CT molecular complexity index is 227. The highest BCUT2D eigenvalue weighted by atomic mass is 15.2. The predicted molar refractivity (Wildman–Crippen MR) is 76.4 cm³/mol. The molecule has 0 amide bonds. The molecule has 0 spiro atoms. The summed E-state index contributed by atoms with van der Waals surface area (Å²) < 4.78 is 0. The maximum atomic E-state index is 3.62. The van der Waals surface area contributed by atoms with Crippen LogP contribution in [0, 0.1) is 11.8 Å². The zero-order valence-corrected chi connectivity index (χ0v) is 12.7. The molecule has 0 aliphatic heterocycles. The summed E-state index contributed by atoms with van der Waals surface area (Å²) in [6.45, 7) is 7.14.